The van der Waals surface area contributed by atoms with Gasteiger partial charge in [-0.3, -0.25) is 0 Å². The molecule has 0 amide bonds. The summed E-state index contributed by atoms with van der Waals surface area (Å²) in [6.45, 7) is 6.40. The van der Waals surface area contributed by atoms with Crippen LogP contribution in [0.2, 0.25) is 0 Å². The first kappa shape index (κ1) is 12.0. The number of hydrogen-bond acceptors (Lipinski definition) is 3. The van der Waals surface area contributed by atoms with E-state index in [9.17, 15) is 4.57 Å². The molecule has 0 aliphatic heterocycles. The van der Waals surface area contributed by atoms with Crippen LogP contribution in [-0.2, 0) is 9.09 Å². The van der Waals surface area contributed by atoms with Gasteiger partial charge in [0.2, 0.25) is 0 Å². The third-order valence-electron chi connectivity index (χ3n) is 1.52. The highest BCUT2D eigenvalue weighted by atomic mass is 31.1. The van der Waals surface area contributed by atoms with Crippen LogP contribution in [0.5, 0.6) is 0 Å². The van der Waals surface area contributed by atoms with Crippen LogP contribution in [0.1, 0.15) is 33.6 Å². The summed E-state index contributed by atoms with van der Waals surface area (Å²) in [6, 6.07) is 0. The lowest BCUT2D eigenvalue weighted by Gasteiger charge is -2.03. The van der Waals surface area contributed by atoms with Gasteiger partial charge in [-0.25, -0.2) is 0 Å². The lowest BCUT2D eigenvalue weighted by atomic mass is 10.2. The Kier molecular flexibility index (Phi) is 6.54. The summed E-state index contributed by atoms with van der Waals surface area (Å²) in [5.74, 6) is 0. The van der Waals surface area contributed by atoms with Crippen LogP contribution in [0.4, 0.5) is 0 Å². The quantitative estimate of drug-likeness (QED) is 0.657. The van der Waals surface area contributed by atoms with Gasteiger partial charge in [0.1, 0.15) is 6.10 Å². The fourth-order valence-electron chi connectivity index (χ4n) is 0.757. The van der Waals surface area contributed by atoms with Gasteiger partial charge >= 0.3 is 8.03 Å². The SMILES string of the molecule is CC(CCCN)O[P+](=O)C(C)C. The summed E-state index contributed by atoms with van der Waals surface area (Å²) in [7, 11) is -1.49. The highest BCUT2D eigenvalue weighted by Gasteiger charge is 2.25. The number of hydrogen-bond donors (Lipinski definition) is 1. The Morgan fingerprint density at radius 1 is 1.42 bits per heavy atom. The summed E-state index contributed by atoms with van der Waals surface area (Å²) < 4.78 is 16.5. The molecule has 0 saturated carbocycles. The molecule has 12 heavy (non-hydrogen) atoms. The summed E-state index contributed by atoms with van der Waals surface area (Å²) in [5, 5.41) is 0. The van der Waals surface area contributed by atoms with Gasteiger partial charge in [0.25, 0.3) is 0 Å². The van der Waals surface area contributed by atoms with Crippen molar-refractivity contribution in [1.82, 2.24) is 0 Å². The topological polar surface area (TPSA) is 52.3 Å². The minimum atomic E-state index is -1.49. The molecular formula is C8H19NO2P+. The molecule has 0 aliphatic rings. The Bertz CT molecular complexity index is 139. The highest BCUT2D eigenvalue weighted by Crippen LogP contribution is 2.31. The normalized spacial score (nSPS) is 14.9. The Labute approximate surface area is 75.5 Å². The molecule has 0 spiro atoms. The highest BCUT2D eigenvalue weighted by molar-refractivity contribution is 7.39. The van der Waals surface area contributed by atoms with E-state index in [0.29, 0.717) is 6.54 Å². The smallest absolute Gasteiger partial charge is 0.330 e. The summed E-state index contributed by atoms with van der Waals surface area (Å²) in [6.07, 6.45) is 1.90. The van der Waals surface area contributed by atoms with Gasteiger partial charge in [-0.2, -0.15) is 0 Å². The summed E-state index contributed by atoms with van der Waals surface area (Å²) in [5.41, 5.74) is 5.45. The van der Waals surface area contributed by atoms with Crippen LogP contribution in [-0.4, -0.2) is 18.3 Å². The first-order chi connectivity index (χ1) is 5.57. The van der Waals surface area contributed by atoms with Gasteiger partial charge in [-0.1, -0.05) is 0 Å². The molecule has 0 aromatic rings. The molecule has 0 rings (SSSR count). The fourth-order valence-corrected chi connectivity index (χ4v) is 1.46. The van der Waals surface area contributed by atoms with E-state index in [0.717, 1.165) is 12.8 Å². The average molecular weight is 192 g/mol. The first-order valence-corrected chi connectivity index (χ1v) is 5.65. The van der Waals surface area contributed by atoms with E-state index in [1.54, 1.807) is 0 Å². The van der Waals surface area contributed by atoms with E-state index >= 15 is 0 Å². The molecule has 0 aliphatic carbocycles. The summed E-state index contributed by atoms with van der Waals surface area (Å²) in [4.78, 5) is 0. The molecule has 2 unspecified atom stereocenters. The minimum absolute atomic E-state index is 0.0690. The first-order valence-electron chi connectivity index (χ1n) is 4.41. The van der Waals surface area contributed by atoms with Crippen molar-refractivity contribution in [2.24, 2.45) is 5.73 Å². The van der Waals surface area contributed by atoms with Crippen molar-refractivity contribution >= 4 is 8.03 Å². The molecule has 2 N–H and O–H groups in total. The molecular weight excluding hydrogens is 173 g/mol. The second-order valence-electron chi connectivity index (χ2n) is 3.23. The van der Waals surface area contributed by atoms with Crippen LogP contribution in [0.3, 0.4) is 0 Å². The van der Waals surface area contributed by atoms with Crippen LogP contribution in [0.25, 0.3) is 0 Å². The van der Waals surface area contributed by atoms with Crippen molar-refractivity contribution < 1.29 is 9.09 Å². The monoisotopic (exact) mass is 192 g/mol. The number of nitrogens with two attached hydrogens (primary N) is 1. The van der Waals surface area contributed by atoms with Crippen LogP contribution in [0, 0.1) is 0 Å². The van der Waals surface area contributed by atoms with Gasteiger partial charge < -0.3 is 5.73 Å². The zero-order valence-corrected chi connectivity index (χ0v) is 9.01. The fraction of sp³-hybridized carbons (Fsp3) is 1.00. The molecule has 4 heteroatoms. The van der Waals surface area contributed by atoms with Gasteiger partial charge in [0.05, 0.1) is 0 Å². The Morgan fingerprint density at radius 3 is 2.42 bits per heavy atom. The van der Waals surface area contributed by atoms with Crippen molar-refractivity contribution in [2.45, 2.75) is 45.4 Å². The molecule has 0 aromatic heterocycles. The predicted molar refractivity (Wildman–Crippen MR) is 51.6 cm³/mol. The lowest BCUT2D eigenvalue weighted by Crippen LogP contribution is -2.08. The molecule has 0 radical (unpaired) electrons. The van der Waals surface area contributed by atoms with E-state index in [4.69, 9.17) is 10.3 Å². The van der Waals surface area contributed by atoms with Crippen molar-refractivity contribution in [1.29, 1.82) is 0 Å². The minimum Gasteiger partial charge on any atom is -0.330 e. The van der Waals surface area contributed by atoms with E-state index in [1.807, 2.05) is 20.8 Å². The standard InChI is InChI=1S/C8H19NO2P/c1-7(2)12(10)11-8(3)5-4-6-9/h7-8H,4-6,9H2,1-3H3/q+1. The van der Waals surface area contributed by atoms with Gasteiger partial charge in [0.15, 0.2) is 5.66 Å². The van der Waals surface area contributed by atoms with Crippen LogP contribution < -0.4 is 5.73 Å². The predicted octanol–water partition coefficient (Wildman–Crippen LogP) is 2.28. The molecule has 0 bridgehead atoms. The maximum absolute atomic E-state index is 11.2. The van der Waals surface area contributed by atoms with Crippen molar-refractivity contribution in [3.8, 4) is 0 Å². The third kappa shape index (κ3) is 5.64. The lowest BCUT2D eigenvalue weighted by molar-refractivity contribution is 0.219. The largest absolute Gasteiger partial charge is 0.510 e. The second kappa shape index (κ2) is 6.53. The Morgan fingerprint density at radius 2 is 2.00 bits per heavy atom. The maximum Gasteiger partial charge on any atom is 0.510 e. The zero-order chi connectivity index (χ0) is 9.56. The van der Waals surface area contributed by atoms with E-state index < -0.39 is 8.03 Å². The molecule has 0 saturated heterocycles. The molecule has 72 valence electrons. The zero-order valence-electron chi connectivity index (χ0n) is 8.12. The van der Waals surface area contributed by atoms with Crippen LogP contribution in [0.15, 0.2) is 0 Å². The Balaban J connectivity index is 3.54. The van der Waals surface area contributed by atoms with Crippen LogP contribution >= 0.6 is 8.03 Å². The molecule has 3 nitrogen and oxygen atoms in total. The van der Waals surface area contributed by atoms with Gasteiger partial charge in [0, 0.05) is 0 Å². The molecule has 0 aromatic carbocycles. The molecule has 0 fully saturated rings. The maximum atomic E-state index is 11.2. The Hall–Kier alpha value is 0.0200. The van der Waals surface area contributed by atoms with E-state index in [1.165, 1.54) is 0 Å². The third-order valence-corrected chi connectivity index (χ3v) is 2.93. The molecule has 0 heterocycles. The number of rotatable bonds is 6. The summed E-state index contributed by atoms with van der Waals surface area (Å²) >= 11 is 0. The average Bonchev–Trinajstić information content (AvgIpc) is 2.00. The van der Waals surface area contributed by atoms with Gasteiger partial charge in [-0.05, 0) is 44.7 Å². The van der Waals surface area contributed by atoms with Crippen molar-refractivity contribution in [2.75, 3.05) is 6.54 Å². The van der Waals surface area contributed by atoms with E-state index in [-0.39, 0.29) is 11.8 Å². The van der Waals surface area contributed by atoms with E-state index in [2.05, 4.69) is 0 Å². The van der Waals surface area contributed by atoms with Crippen molar-refractivity contribution in [3.63, 3.8) is 0 Å². The van der Waals surface area contributed by atoms with Gasteiger partial charge in [-0.15, -0.1) is 4.52 Å². The molecule has 2 atom stereocenters. The van der Waals surface area contributed by atoms with Crippen molar-refractivity contribution in [3.05, 3.63) is 0 Å². The second-order valence-corrected chi connectivity index (χ2v) is 5.04.